The molecule has 9 nitrogen and oxygen atoms in total. The van der Waals surface area contributed by atoms with Crippen LogP contribution in [-0.2, 0) is 14.2 Å². The molecule has 0 aliphatic carbocycles. The number of rotatable bonds is 13. The number of nitrogens with one attached hydrogen (secondary N) is 2. The molecule has 2 aromatic carbocycles. The van der Waals surface area contributed by atoms with E-state index in [1.54, 1.807) is 25.3 Å². The highest BCUT2D eigenvalue weighted by Crippen LogP contribution is 2.35. The van der Waals surface area contributed by atoms with Crippen molar-refractivity contribution in [1.29, 1.82) is 0 Å². The number of ether oxygens (including phenoxy) is 6. The molecule has 2 saturated heterocycles. The van der Waals surface area contributed by atoms with Crippen molar-refractivity contribution in [2.24, 2.45) is 5.92 Å². The van der Waals surface area contributed by atoms with E-state index in [0.29, 0.717) is 85.8 Å². The van der Waals surface area contributed by atoms with Crippen LogP contribution < -0.4 is 24.8 Å². The SMILES string of the molecule is C=C(Oc1ccc(NC(=O)NCC2COC2)c(Cl)c1)c1cc(OC)c(OCCCOC2COC2)cc1C. The standard InChI is InChI=1S/C27H33ClN2O7/c1-17-9-26(36-8-4-7-35-21-15-34-16-21)25(32-3)11-22(17)18(2)37-20-5-6-24(23(28)10-20)30-27(31)29-12-19-13-33-14-19/h5-6,9-11,19,21H,2,4,7-8,12-16H2,1,3H3,(H2,29,30,31). The average molecular weight is 533 g/mol. The number of anilines is 1. The second kappa shape index (κ2) is 13.0. The summed E-state index contributed by atoms with van der Waals surface area (Å²) in [6.45, 7) is 10.4. The molecule has 0 bridgehead atoms. The topological polar surface area (TPSA) is 96.5 Å². The Bertz CT molecular complexity index is 1100. The maximum Gasteiger partial charge on any atom is 0.319 e. The van der Waals surface area contributed by atoms with Crippen molar-refractivity contribution in [1.82, 2.24) is 5.32 Å². The first kappa shape index (κ1) is 27.1. The molecule has 10 heteroatoms. The third-order valence-corrected chi connectivity index (χ3v) is 6.32. The minimum atomic E-state index is -0.322. The Kier molecular flexibility index (Phi) is 9.51. The Labute approximate surface area is 222 Å². The Morgan fingerprint density at radius 3 is 2.54 bits per heavy atom. The summed E-state index contributed by atoms with van der Waals surface area (Å²) in [6.07, 6.45) is 0.973. The molecule has 0 spiro atoms. The van der Waals surface area contributed by atoms with E-state index in [2.05, 4.69) is 17.2 Å². The van der Waals surface area contributed by atoms with Gasteiger partial charge < -0.3 is 39.1 Å². The second-order valence-corrected chi connectivity index (χ2v) is 9.36. The first-order valence-electron chi connectivity index (χ1n) is 12.2. The van der Waals surface area contributed by atoms with Gasteiger partial charge in [0.05, 0.1) is 57.5 Å². The fourth-order valence-corrected chi connectivity index (χ4v) is 3.92. The summed E-state index contributed by atoms with van der Waals surface area (Å²) >= 11 is 6.38. The van der Waals surface area contributed by atoms with Crippen molar-refractivity contribution in [3.8, 4) is 17.2 Å². The normalized spacial score (nSPS) is 15.3. The maximum absolute atomic E-state index is 12.1. The van der Waals surface area contributed by atoms with Crippen LogP contribution in [0.5, 0.6) is 17.2 Å². The van der Waals surface area contributed by atoms with Gasteiger partial charge in [-0.05, 0) is 36.8 Å². The van der Waals surface area contributed by atoms with E-state index in [-0.39, 0.29) is 12.1 Å². The first-order valence-corrected chi connectivity index (χ1v) is 12.6. The van der Waals surface area contributed by atoms with Gasteiger partial charge in [0.25, 0.3) is 0 Å². The molecule has 0 saturated carbocycles. The molecular formula is C27H33ClN2O7. The van der Waals surface area contributed by atoms with Crippen LogP contribution in [0.2, 0.25) is 5.02 Å². The second-order valence-electron chi connectivity index (χ2n) is 8.96. The van der Waals surface area contributed by atoms with Crippen molar-refractivity contribution in [2.75, 3.05) is 58.6 Å². The largest absolute Gasteiger partial charge is 0.493 e. The van der Waals surface area contributed by atoms with E-state index in [0.717, 1.165) is 17.5 Å². The van der Waals surface area contributed by atoms with Gasteiger partial charge in [0.2, 0.25) is 0 Å². The van der Waals surface area contributed by atoms with Crippen molar-refractivity contribution in [3.63, 3.8) is 0 Å². The van der Waals surface area contributed by atoms with E-state index in [1.165, 1.54) is 0 Å². The molecule has 0 radical (unpaired) electrons. The summed E-state index contributed by atoms with van der Waals surface area (Å²) in [6, 6.07) is 8.45. The fraction of sp³-hybridized carbons (Fsp3) is 0.444. The predicted octanol–water partition coefficient (Wildman–Crippen LogP) is 4.66. The summed E-state index contributed by atoms with van der Waals surface area (Å²) < 4.78 is 33.3. The number of hydrogen-bond donors (Lipinski definition) is 2. The van der Waals surface area contributed by atoms with Crippen LogP contribution in [0.25, 0.3) is 5.76 Å². The molecule has 2 heterocycles. The molecular weight excluding hydrogens is 500 g/mol. The molecule has 2 aliphatic heterocycles. The molecule has 2 amide bonds. The smallest absolute Gasteiger partial charge is 0.319 e. The van der Waals surface area contributed by atoms with Crippen LogP contribution in [0.4, 0.5) is 10.5 Å². The highest BCUT2D eigenvalue weighted by atomic mass is 35.5. The van der Waals surface area contributed by atoms with Crippen LogP contribution >= 0.6 is 11.6 Å². The quantitative estimate of drug-likeness (QED) is 0.286. The van der Waals surface area contributed by atoms with Crippen molar-refractivity contribution < 1.29 is 33.2 Å². The summed E-state index contributed by atoms with van der Waals surface area (Å²) in [5.74, 6) is 2.50. The van der Waals surface area contributed by atoms with E-state index < -0.39 is 0 Å². The van der Waals surface area contributed by atoms with Crippen LogP contribution in [0.15, 0.2) is 36.9 Å². The van der Waals surface area contributed by atoms with Crippen molar-refractivity contribution in [2.45, 2.75) is 19.4 Å². The van der Waals surface area contributed by atoms with Gasteiger partial charge in [-0.3, -0.25) is 0 Å². The van der Waals surface area contributed by atoms with Crippen LogP contribution in [-0.4, -0.2) is 65.4 Å². The lowest BCUT2D eigenvalue weighted by molar-refractivity contribution is -0.130. The van der Waals surface area contributed by atoms with E-state index in [4.69, 9.17) is 40.0 Å². The van der Waals surface area contributed by atoms with Crippen LogP contribution in [0, 0.1) is 12.8 Å². The molecule has 2 aliphatic rings. The van der Waals surface area contributed by atoms with E-state index >= 15 is 0 Å². The number of aryl methyl sites for hydroxylation is 1. The summed E-state index contributed by atoms with van der Waals surface area (Å²) in [4.78, 5) is 12.1. The Morgan fingerprint density at radius 1 is 1.11 bits per heavy atom. The Balaban J connectivity index is 1.30. The number of methoxy groups -OCH3 is 1. The molecule has 2 N–H and O–H groups in total. The summed E-state index contributed by atoms with van der Waals surface area (Å²) in [7, 11) is 1.59. The summed E-state index contributed by atoms with van der Waals surface area (Å²) in [5.41, 5.74) is 2.17. The molecule has 200 valence electrons. The number of halogens is 1. The number of amides is 2. The lowest BCUT2D eigenvalue weighted by Gasteiger charge is -2.26. The van der Waals surface area contributed by atoms with Gasteiger partial charge in [-0.25, -0.2) is 4.79 Å². The monoisotopic (exact) mass is 532 g/mol. The van der Waals surface area contributed by atoms with Gasteiger partial charge in [0.15, 0.2) is 11.5 Å². The predicted molar refractivity (Wildman–Crippen MR) is 141 cm³/mol. The molecule has 2 fully saturated rings. The lowest BCUT2D eigenvalue weighted by Crippen LogP contribution is -2.40. The maximum atomic E-state index is 12.1. The van der Waals surface area contributed by atoms with Crippen molar-refractivity contribution >= 4 is 29.1 Å². The van der Waals surface area contributed by atoms with Gasteiger partial charge in [-0.2, -0.15) is 0 Å². The van der Waals surface area contributed by atoms with Gasteiger partial charge in [-0.1, -0.05) is 18.2 Å². The highest BCUT2D eigenvalue weighted by Gasteiger charge is 2.20. The lowest BCUT2D eigenvalue weighted by atomic mass is 10.1. The molecule has 0 unspecified atom stereocenters. The minimum absolute atomic E-state index is 0.210. The zero-order valence-electron chi connectivity index (χ0n) is 21.1. The fourth-order valence-electron chi connectivity index (χ4n) is 3.70. The van der Waals surface area contributed by atoms with Crippen molar-refractivity contribution in [3.05, 3.63) is 53.1 Å². The van der Waals surface area contributed by atoms with E-state index in [1.807, 2.05) is 19.1 Å². The minimum Gasteiger partial charge on any atom is -0.493 e. The van der Waals surface area contributed by atoms with Gasteiger partial charge in [0.1, 0.15) is 17.6 Å². The molecule has 4 rings (SSSR count). The zero-order valence-corrected chi connectivity index (χ0v) is 21.9. The molecule has 37 heavy (non-hydrogen) atoms. The number of urea groups is 1. The van der Waals surface area contributed by atoms with Gasteiger partial charge >= 0.3 is 6.03 Å². The summed E-state index contributed by atoms with van der Waals surface area (Å²) in [5, 5.41) is 5.91. The van der Waals surface area contributed by atoms with Gasteiger partial charge in [0, 0.05) is 30.5 Å². The Morgan fingerprint density at radius 2 is 1.89 bits per heavy atom. The van der Waals surface area contributed by atoms with Crippen LogP contribution in [0.1, 0.15) is 17.5 Å². The number of carbonyl (C=O) groups excluding carboxylic acids is 1. The Hall–Kier alpha value is -2.98. The molecule has 0 atom stereocenters. The molecule has 2 aromatic rings. The number of carbonyl (C=O) groups is 1. The average Bonchev–Trinajstić information content (AvgIpc) is 2.81. The highest BCUT2D eigenvalue weighted by molar-refractivity contribution is 6.33. The van der Waals surface area contributed by atoms with Gasteiger partial charge in [-0.15, -0.1) is 0 Å². The third-order valence-electron chi connectivity index (χ3n) is 6.01. The van der Waals surface area contributed by atoms with Crippen LogP contribution in [0.3, 0.4) is 0 Å². The zero-order chi connectivity index (χ0) is 26.2. The first-order chi connectivity index (χ1) is 17.9. The number of benzene rings is 2. The number of hydrogen-bond acceptors (Lipinski definition) is 7. The van der Waals surface area contributed by atoms with E-state index in [9.17, 15) is 4.79 Å². The molecule has 0 aromatic heterocycles. The third kappa shape index (κ3) is 7.52.